The van der Waals surface area contributed by atoms with Gasteiger partial charge in [0, 0.05) is 13.0 Å². The Morgan fingerprint density at radius 3 is 2.28 bits per heavy atom. The van der Waals surface area contributed by atoms with E-state index in [1.54, 1.807) is 0 Å². The first-order valence-corrected chi connectivity index (χ1v) is 6.77. The quantitative estimate of drug-likeness (QED) is 0.823. The zero-order valence-corrected chi connectivity index (χ0v) is 11.0. The van der Waals surface area contributed by atoms with Crippen LogP contribution in [0.2, 0.25) is 0 Å². The van der Waals surface area contributed by atoms with Gasteiger partial charge in [0.2, 0.25) is 15.9 Å². The molecule has 7 heteroatoms. The van der Waals surface area contributed by atoms with Gasteiger partial charge in [0.25, 0.3) is 0 Å². The molecule has 0 spiro atoms. The van der Waals surface area contributed by atoms with E-state index in [-0.39, 0.29) is 17.9 Å². The number of nitrogens with two attached hydrogens (primary N) is 1. The Balaban J connectivity index is 3.02. The number of primary amides is 1. The van der Waals surface area contributed by atoms with Crippen molar-refractivity contribution in [3.63, 3.8) is 0 Å². The number of sulfonamides is 1. The van der Waals surface area contributed by atoms with Crippen molar-refractivity contribution < 1.29 is 17.6 Å². The number of rotatable bonds is 5. The topological polar surface area (TPSA) is 89.3 Å². The van der Waals surface area contributed by atoms with Crippen LogP contribution in [-0.4, -0.2) is 20.9 Å². The summed E-state index contributed by atoms with van der Waals surface area (Å²) in [6.07, 6.45) is -0.0848. The van der Waals surface area contributed by atoms with Crippen molar-refractivity contribution in [3.05, 3.63) is 29.1 Å². The van der Waals surface area contributed by atoms with E-state index in [4.69, 9.17) is 5.73 Å². The third-order valence-corrected chi connectivity index (χ3v) is 4.12. The monoisotopic (exact) mass is 274 g/mol. The molecule has 0 heterocycles. The van der Waals surface area contributed by atoms with Crippen molar-refractivity contribution in [2.75, 3.05) is 6.54 Å². The minimum absolute atomic E-state index is 0.0355. The van der Waals surface area contributed by atoms with Crippen LogP contribution in [0.5, 0.6) is 0 Å². The van der Waals surface area contributed by atoms with Gasteiger partial charge < -0.3 is 5.73 Å². The van der Waals surface area contributed by atoms with Crippen molar-refractivity contribution in [1.82, 2.24) is 4.72 Å². The van der Waals surface area contributed by atoms with E-state index in [0.29, 0.717) is 11.1 Å². The van der Waals surface area contributed by atoms with E-state index in [1.165, 1.54) is 13.8 Å². The Hall–Kier alpha value is -1.47. The molecule has 1 rings (SSSR count). The molecule has 0 saturated heterocycles. The highest BCUT2D eigenvalue weighted by Crippen LogP contribution is 2.20. The Bertz CT molecular complexity index is 547. The second-order valence-electron chi connectivity index (χ2n) is 3.98. The van der Waals surface area contributed by atoms with Crippen molar-refractivity contribution in [2.45, 2.75) is 25.2 Å². The van der Waals surface area contributed by atoms with Gasteiger partial charge in [-0.1, -0.05) is 0 Å². The number of hydrogen-bond acceptors (Lipinski definition) is 3. The second kappa shape index (κ2) is 5.45. The molecule has 0 atom stereocenters. The summed E-state index contributed by atoms with van der Waals surface area (Å²) >= 11 is 0. The highest BCUT2D eigenvalue weighted by Gasteiger charge is 2.19. The maximum Gasteiger partial charge on any atom is 0.241 e. The molecule has 1 amide bonds. The third-order valence-electron chi connectivity index (χ3n) is 2.36. The van der Waals surface area contributed by atoms with Gasteiger partial charge in [-0.2, -0.15) is 0 Å². The minimum Gasteiger partial charge on any atom is -0.370 e. The molecule has 0 aliphatic carbocycles. The fourth-order valence-corrected chi connectivity index (χ4v) is 3.18. The van der Waals surface area contributed by atoms with Crippen molar-refractivity contribution in [3.8, 4) is 0 Å². The molecule has 0 bridgehead atoms. The van der Waals surface area contributed by atoms with Crippen LogP contribution in [-0.2, 0) is 14.8 Å². The predicted octanol–water partition coefficient (Wildman–Crippen LogP) is 0.596. The molecule has 5 nitrogen and oxygen atoms in total. The van der Waals surface area contributed by atoms with Crippen LogP contribution in [0.1, 0.15) is 17.5 Å². The van der Waals surface area contributed by atoms with Crippen LogP contribution in [0.3, 0.4) is 0 Å². The largest absolute Gasteiger partial charge is 0.370 e. The van der Waals surface area contributed by atoms with E-state index < -0.39 is 21.7 Å². The molecule has 0 unspecified atom stereocenters. The first-order valence-electron chi connectivity index (χ1n) is 5.29. The Kier molecular flexibility index (Phi) is 4.42. The number of hydrogen-bond donors (Lipinski definition) is 2. The number of benzene rings is 1. The first kappa shape index (κ1) is 14.6. The SMILES string of the molecule is Cc1cc(F)cc(C)c1S(=O)(=O)NCCC(N)=O. The van der Waals surface area contributed by atoms with Gasteiger partial charge in [-0.15, -0.1) is 0 Å². The van der Waals surface area contributed by atoms with Gasteiger partial charge in [-0.25, -0.2) is 17.5 Å². The average Bonchev–Trinajstić information content (AvgIpc) is 2.13. The van der Waals surface area contributed by atoms with Crippen LogP contribution in [0, 0.1) is 19.7 Å². The number of amides is 1. The fraction of sp³-hybridized carbons (Fsp3) is 0.364. The summed E-state index contributed by atoms with van der Waals surface area (Å²) < 4.78 is 39.3. The van der Waals surface area contributed by atoms with E-state index >= 15 is 0 Å². The maximum absolute atomic E-state index is 13.1. The minimum atomic E-state index is -3.76. The summed E-state index contributed by atoms with van der Waals surface area (Å²) in [6, 6.07) is 2.30. The summed E-state index contributed by atoms with van der Waals surface area (Å²) in [5.74, 6) is -1.08. The number of nitrogens with one attached hydrogen (secondary N) is 1. The van der Waals surface area contributed by atoms with Gasteiger partial charge in [0.1, 0.15) is 5.82 Å². The molecule has 1 aromatic rings. The molecule has 18 heavy (non-hydrogen) atoms. The van der Waals surface area contributed by atoms with Crippen LogP contribution < -0.4 is 10.5 Å². The van der Waals surface area contributed by atoms with Crippen molar-refractivity contribution in [2.24, 2.45) is 5.73 Å². The Morgan fingerprint density at radius 2 is 1.83 bits per heavy atom. The first-order chi connectivity index (χ1) is 8.24. The molecular weight excluding hydrogens is 259 g/mol. The van der Waals surface area contributed by atoms with Crippen molar-refractivity contribution in [1.29, 1.82) is 0 Å². The lowest BCUT2D eigenvalue weighted by Crippen LogP contribution is -2.29. The van der Waals surface area contributed by atoms with Crippen LogP contribution in [0.4, 0.5) is 4.39 Å². The lowest BCUT2D eigenvalue weighted by molar-refractivity contribution is -0.117. The normalized spacial score (nSPS) is 11.5. The average molecular weight is 274 g/mol. The molecule has 0 radical (unpaired) electrons. The van der Waals surface area contributed by atoms with Gasteiger partial charge in [-0.05, 0) is 37.1 Å². The zero-order chi connectivity index (χ0) is 13.9. The lowest BCUT2D eigenvalue weighted by Gasteiger charge is -2.11. The van der Waals surface area contributed by atoms with E-state index in [2.05, 4.69) is 4.72 Å². The highest BCUT2D eigenvalue weighted by atomic mass is 32.2. The molecule has 0 aromatic heterocycles. The van der Waals surface area contributed by atoms with Gasteiger partial charge in [0.15, 0.2) is 0 Å². The smallest absolute Gasteiger partial charge is 0.241 e. The Labute approximate surface area is 105 Å². The number of carbonyl (C=O) groups is 1. The molecule has 0 saturated carbocycles. The number of halogens is 1. The summed E-state index contributed by atoms with van der Waals surface area (Å²) in [5, 5.41) is 0. The molecule has 3 N–H and O–H groups in total. The molecule has 0 aliphatic rings. The Morgan fingerprint density at radius 1 is 1.33 bits per heavy atom. The van der Waals surface area contributed by atoms with Gasteiger partial charge >= 0.3 is 0 Å². The van der Waals surface area contributed by atoms with Crippen LogP contribution >= 0.6 is 0 Å². The number of aryl methyl sites for hydroxylation is 2. The van der Waals surface area contributed by atoms with E-state index in [0.717, 1.165) is 12.1 Å². The molecule has 1 aromatic carbocycles. The molecular formula is C11H15FN2O3S. The fourth-order valence-electron chi connectivity index (χ4n) is 1.70. The summed E-state index contributed by atoms with van der Waals surface area (Å²) in [7, 11) is -3.76. The zero-order valence-electron chi connectivity index (χ0n) is 10.2. The van der Waals surface area contributed by atoms with E-state index in [9.17, 15) is 17.6 Å². The maximum atomic E-state index is 13.1. The van der Waals surface area contributed by atoms with Crippen molar-refractivity contribution >= 4 is 15.9 Å². The number of carbonyl (C=O) groups excluding carboxylic acids is 1. The molecule has 0 fully saturated rings. The summed E-state index contributed by atoms with van der Waals surface area (Å²) in [5.41, 5.74) is 5.55. The summed E-state index contributed by atoms with van der Waals surface area (Å²) in [6.45, 7) is 2.95. The molecule has 100 valence electrons. The molecule has 0 aliphatic heterocycles. The van der Waals surface area contributed by atoms with Gasteiger partial charge in [0.05, 0.1) is 4.90 Å². The lowest BCUT2D eigenvalue weighted by atomic mass is 10.1. The highest BCUT2D eigenvalue weighted by molar-refractivity contribution is 7.89. The van der Waals surface area contributed by atoms with Crippen LogP contribution in [0.25, 0.3) is 0 Å². The standard InChI is InChI=1S/C11H15FN2O3S/c1-7-5-9(12)6-8(2)11(7)18(16,17)14-4-3-10(13)15/h5-6,14H,3-4H2,1-2H3,(H2,13,15). The third kappa shape index (κ3) is 3.51. The van der Waals surface area contributed by atoms with Crippen LogP contribution in [0.15, 0.2) is 17.0 Å². The second-order valence-corrected chi connectivity index (χ2v) is 5.69. The summed E-state index contributed by atoms with van der Waals surface area (Å²) in [4.78, 5) is 10.6. The van der Waals surface area contributed by atoms with Gasteiger partial charge in [-0.3, -0.25) is 4.79 Å². The van der Waals surface area contributed by atoms with E-state index in [1.807, 2.05) is 0 Å². The predicted molar refractivity (Wildman–Crippen MR) is 64.9 cm³/mol.